The number of pyridine rings is 1. The standard InChI is InChI=1S/C15H19N3O3/c19-5-3-12-7-15(21-18-12)11-6-14(9-16-8-11)20-10-13-2-1-4-17-13/h6-9,13,17,19H,1-5,10H2/t13-/m0/s1. The van der Waals surface area contributed by atoms with Crippen molar-refractivity contribution in [3.8, 4) is 17.1 Å². The zero-order valence-electron chi connectivity index (χ0n) is 11.8. The summed E-state index contributed by atoms with van der Waals surface area (Å²) in [6.45, 7) is 1.77. The summed E-state index contributed by atoms with van der Waals surface area (Å²) in [5.41, 5.74) is 1.55. The van der Waals surface area contributed by atoms with Gasteiger partial charge in [-0.15, -0.1) is 0 Å². The van der Waals surface area contributed by atoms with Gasteiger partial charge in [-0.25, -0.2) is 0 Å². The number of aliphatic hydroxyl groups is 1. The van der Waals surface area contributed by atoms with Gasteiger partial charge in [0.15, 0.2) is 5.76 Å². The van der Waals surface area contributed by atoms with Crippen molar-refractivity contribution in [1.29, 1.82) is 0 Å². The van der Waals surface area contributed by atoms with Gasteiger partial charge in [-0.2, -0.15) is 0 Å². The Morgan fingerprint density at radius 3 is 3.14 bits per heavy atom. The van der Waals surface area contributed by atoms with E-state index in [4.69, 9.17) is 14.4 Å². The van der Waals surface area contributed by atoms with Crippen LogP contribution in [0.5, 0.6) is 5.75 Å². The molecular weight excluding hydrogens is 270 g/mol. The van der Waals surface area contributed by atoms with Gasteiger partial charge in [-0.3, -0.25) is 4.98 Å². The number of ether oxygens (including phenoxy) is 1. The zero-order valence-corrected chi connectivity index (χ0v) is 11.8. The highest BCUT2D eigenvalue weighted by atomic mass is 16.5. The fourth-order valence-electron chi connectivity index (χ4n) is 2.41. The average Bonchev–Trinajstić information content (AvgIpc) is 3.17. The molecule has 0 unspecified atom stereocenters. The predicted molar refractivity (Wildman–Crippen MR) is 77.0 cm³/mol. The van der Waals surface area contributed by atoms with Crippen LogP contribution in [0.3, 0.4) is 0 Å². The van der Waals surface area contributed by atoms with E-state index in [9.17, 15) is 0 Å². The van der Waals surface area contributed by atoms with Gasteiger partial charge in [0.2, 0.25) is 0 Å². The molecule has 6 nitrogen and oxygen atoms in total. The largest absolute Gasteiger partial charge is 0.490 e. The molecule has 1 aliphatic rings. The number of hydrogen-bond acceptors (Lipinski definition) is 6. The van der Waals surface area contributed by atoms with Gasteiger partial charge in [-0.05, 0) is 25.5 Å². The molecule has 1 aliphatic heterocycles. The molecule has 6 heteroatoms. The van der Waals surface area contributed by atoms with Crippen LogP contribution in [-0.4, -0.2) is 41.0 Å². The van der Waals surface area contributed by atoms with E-state index < -0.39 is 0 Å². The van der Waals surface area contributed by atoms with Crippen molar-refractivity contribution in [2.24, 2.45) is 0 Å². The smallest absolute Gasteiger partial charge is 0.168 e. The van der Waals surface area contributed by atoms with E-state index in [1.54, 1.807) is 12.4 Å². The minimum Gasteiger partial charge on any atom is -0.490 e. The van der Waals surface area contributed by atoms with Crippen molar-refractivity contribution < 1.29 is 14.4 Å². The molecule has 1 atom stereocenters. The minimum atomic E-state index is 0.0573. The summed E-state index contributed by atoms with van der Waals surface area (Å²) in [5.74, 6) is 1.36. The second-order valence-electron chi connectivity index (χ2n) is 5.17. The Hall–Kier alpha value is -1.92. The van der Waals surface area contributed by atoms with Crippen LogP contribution < -0.4 is 10.1 Å². The lowest BCUT2D eigenvalue weighted by Gasteiger charge is -2.12. The van der Waals surface area contributed by atoms with Crippen molar-refractivity contribution in [2.75, 3.05) is 19.8 Å². The molecule has 2 aromatic heterocycles. The van der Waals surface area contributed by atoms with Gasteiger partial charge in [-0.1, -0.05) is 5.16 Å². The van der Waals surface area contributed by atoms with Gasteiger partial charge >= 0.3 is 0 Å². The molecule has 3 rings (SSSR count). The van der Waals surface area contributed by atoms with E-state index in [-0.39, 0.29) is 6.61 Å². The van der Waals surface area contributed by atoms with E-state index in [2.05, 4.69) is 15.5 Å². The Morgan fingerprint density at radius 1 is 1.38 bits per heavy atom. The molecule has 0 radical (unpaired) electrons. The first-order chi connectivity index (χ1) is 10.3. The molecule has 0 amide bonds. The number of aromatic nitrogens is 2. The zero-order chi connectivity index (χ0) is 14.5. The van der Waals surface area contributed by atoms with Crippen LogP contribution in [0, 0.1) is 0 Å². The SMILES string of the molecule is OCCc1cc(-c2cncc(OC[C@@H]3CCCN3)c2)on1. The van der Waals surface area contributed by atoms with Gasteiger partial charge in [0.05, 0.1) is 11.9 Å². The fourth-order valence-corrected chi connectivity index (χ4v) is 2.41. The summed E-state index contributed by atoms with van der Waals surface area (Å²) in [4.78, 5) is 4.18. The van der Waals surface area contributed by atoms with E-state index in [0.717, 1.165) is 30.0 Å². The lowest BCUT2D eigenvalue weighted by atomic mass is 10.2. The molecular formula is C15H19N3O3. The van der Waals surface area contributed by atoms with Crippen molar-refractivity contribution in [1.82, 2.24) is 15.5 Å². The highest BCUT2D eigenvalue weighted by Gasteiger charge is 2.15. The second-order valence-corrected chi connectivity index (χ2v) is 5.17. The summed E-state index contributed by atoms with van der Waals surface area (Å²) in [5, 5.41) is 16.2. The summed E-state index contributed by atoms with van der Waals surface area (Å²) in [6, 6.07) is 4.14. The van der Waals surface area contributed by atoms with Crippen molar-refractivity contribution >= 4 is 0 Å². The number of hydrogen-bond donors (Lipinski definition) is 2. The Morgan fingerprint density at radius 2 is 2.33 bits per heavy atom. The highest BCUT2D eigenvalue weighted by molar-refractivity contribution is 5.57. The third-order valence-electron chi connectivity index (χ3n) is 3.54. The molecule has 1 fully saturated rings. The Balaban J connectivity index is 1.66. The quantitative estimate of drug-likeness (QED) is 0.837. The first-order valence-electron chi connectivity index (χ1n) is 7.23. The molecule has 0 saturated carbocycles. The lowest BCUT2D eigenvalue weighted by molar-refractivity contribution is 0.276. The monoisotopic (exact) mass is 289 g/mol. The summed E-state index contributed by atoms with van der Waals surface area (Å²) in [6.07, 6.45) is 6.26. The minimum absolute atomic E-state index is 0.0573. The van der Waals surface area contributed by atoms with Crippen molar-refractivity contribution in [2.45, 2.75) is 25.3 Å². The maximum Gasteiger partial charge on any atom is 0.168 e. The van der Waals surface area contributed by atoms with Gasteiger partial charge < -0.3 is 19.7 Å². The van der Waals surface area contributed by atoms with Crippen LogP contribution >= 0.6 is 0 Å². The number of nitrogens with one attached hydrogen (secondary N) is 1. The topological polar surface area (TPSA) is 80.4 Å². The van der Waals surface area contributed by atoms with Gasteiger partial charge in [0.25, 0.3) is 0 Å². The molecule has 0 aromatic carbocycles. The molecule has 0 spiro atoms. The molecule has 0 bridgehead atoms. The predicted octanol–water partition coefficient (Wildman–Crippen LogP) is 1.40. The van der Waals surface area contributed by atoms with Crippen LogP contribution in [0.4, 0.5) is 0 Å². The van der Waals surface area contributed by atoms with Gasteiger partial charge in [0.1, 0.15) is 12.4 Å². The molecule has 21 heavy (non-hydrogen) atoms. The number of aliphatic hydroxyl groups excluding tert-OH is 1. The maximum atomic E-state index is 8.90. The van der Waals surface area contributed by atoms with Crippen molar-refractivity contribution in [3.63, 3.8) is 0 Å². The molecule has 3 heterocycles. The highest BCUT2D eigenvalue weighted by Crippen LogP contribution is 2.23. The molecule has 1 saturated heterocycles. The molecule has 2 aromatic rings. The van der Waals surface area contributed by atoms with Crippen LogP contribution in [0.1, 0.15) is 18.5 Å². The Kier molecular flexibility index (Phi) is 4.47. The average molecular weight is 289 g/mol. The van der Waals surface area contributed by atoms with Crippen LogP contribution in [0.25, 0.3) is 11.3 Å². The van der Waals surface area contributed by atoms with Gasteiger partial charge in [0, 0.05) is 36.9 Å². The normalized spacial score (nSPS) is 18.0. The summed E-state index contributed by atoms with van der Waals surface area (Å²) < 4.78 is 11.0. The lowest BCUT2D eigenvalue weighted by Crippen LogP contribution is -2.28. The first-order valence-corrected chi connectivity index (χ1v) is 7.23. The number of rotatable bonds is 6. The molecule has 2 N–H and O–H groups in total. The third-order valence-corrected chi connectivity index (χ3v) is 3.54. The second kappa shape index (κ2) is 6.69. The Bertz CT molecular complexity index is 579. The fraction of sp³-hybridized carbons (Fsp3) is 0.467. The summed E-state index contributed by atoms with van der Waals surface area (Å²) in [7, 11) is 0. The third kappa shape index (κ3) is 3.59. The van der Waals surface area contributed by atoms with E-state index in [0.29, 0.717) is 24.8 Å². The van der Waals surface area contributed by atoms with Crippen LogP contribution in [0.15, 0.2) is 29.0 Å². The van der Waals surface area contributed by atoms with Crippen LogP contribution in [-0.2, 0) is 6.42 Å². The molecule has 0 aliphatic carbocycles. The van der Waals surface area contributed by atoms with E-state index >= 15 is 0 Å². The van der Waals surface area contributed by atoms with Crippen LogP contribution in [0.2, 0.25) is 0 Å². The summed E-state index contributed by atoms with van der Waals surface area (Å²) >= 11 is 0. The van der Waals surface area contributed by atoms with E-state index in [1.165, 1.54) is 6.42 Å². The van der Waals surface area contributed by atoms with E-state index in [1.807, 2.05) is 12.1 Å². The Labute approximate surface area is 123 Å². The maximum absolute atomic E-state index is 8.90. The van der Waals surface area contributed by atoms with Crippen molar-refractivity contribution in [3.05, 3.63) is 30.2 Å². The first kappa shape index (κ1) is 14.0. The number of nitrogens with zero attached hydrogens (tertiary/aromatic N) is 2. The molecule has 112 valence electrons.